The van der Waals surface area contributed by atoms with Crippen molar-refractivity contribution in [3.63, 3.8) is 0 Å². The topological polar surface area (TPSA) is 74.0 Å². The second-order valence-electron chi connectivity index (χ2n) is 7.46. The van der Waals surface area contributed by atoms with Gasteiger partial charge in [-0.15, -0.1) is 0 Å². The molecule has 148 valence electrons. The van der Waals surface area contributed by atoms with Gasteiger partial charge in [0, 0.05) is 12.1 Å². The molecule has 28 heavy (non-hydrogen) atoms. The Balaban J connectivity index is 2.05. The third-order valence-corrected chi connectivity index (χ3v) is 4.90. The lowest BCUT2D eigenvalue weighted by Gasteiger charge is -2.24. The minimum Gasteiger partial charge on any atom is -0.507 e. The number of amides is 1. The van der Waals surface area contributed by atoms with Crippen LogP contribution in [0, 0.1) is 13.8 Å². The number of furan rings is 1. The van der Waals surface area contributed by atoms with E-state index in [9.17, 15) is 14.7 Å². The van der Waals surface area contributed by atoms with Crippen LogP contribution in [0.2, 0.25) is 0 Å². The molecule has 0 bridgehead atoms. The van der Waals surface area contributed by atoms with Crippen molar-refractivity contribution in [3.8, 4) is 0 Å². The number of aliphatic hydroxyl groups is 1. The maximum atomic E-state index is 12.8. The van der Waals surface area contributed by atoms with Gasteiger partial charge in [0.1, 0.15) is 23.3 Å². The first-order valence-corrected chi connectivity index (χ1v) is 9.36. The van der Waals surface area contributed by atoms with Gasteiger partial charge in [0.05, 0.1) is 5.57 Å². The molecule has 1 aromatic carbocycles. The number of carbonyl (C=O) groups excluding carboxylic acids is 2. The van der Waals surface area contributed by atoms with Gasteiger partial charge in [-0.05, 0) is 53.0 Å². The van der Waals surface area contributed by atoms with Gasteiger partial charge in [-0.3, -0.25) is 9.59 Å². The standard InChI is InChI=1S/C22H26N2O4/c1-14-6-9-16(10-7-14)20(25)18-19(17-11-8-15(2)28-17)24(22(27)21(18)26)13-5-12-23(3)4/h6-11,19,25H,5,12-13H2,1-4H3/b20-18+/t19-/m1/s1. The molecule has 0 unspecified atom stereocenters. The molecule has 0 saturated carbocycles. The zero-order valence-corrected chi connectivity index (χ0v) is 16.7. The van der Waals surface area contributed by atoms with E-state index in [0.29, 0.717) is 30.0 Å². The number of aryl methyl sites for hydroxylation is 2. The summed E-state index contributed by atoms with van der Waals surface area (Å²) in [7, 11) is 3.91. The number of nitrogens with zero attached hydrogens (tertiary/aromatic N) is 2. The number of ketones is 1. The zero-order valence-electron chi connectivity index (χ0n) is 16.7. The summed E-state index contributed by atoms with van der Waals surface area (Å²) < 4.78 is 5.76. The van der Waals surface area contributed by atoms with E-state index < -0.39 is 17.7 Å². The van der Waals surface area contributed by atoms with Gasteiger partial charge in [-0.1, -0.05) is 29.8 Å². The van der Waals surface area contributed by atoms with Crippen LogP contribution in [-0.2, 0) is 9.59 Å². The molecular formula is C22H26N2O4. The highest BCUT2D eigenvalue weighted by Gasteiger charge is 2.47. The van der Waals surface area contributed by atoms with E-state index in [-0.39, 0.29) is 11.3 Å². The van der Waals surface area contributed by atoms with Crippen molar-refractivity contribution < 1.29 is 19.1 Å². The van der Waals surface area contributed by atoms with Crippen LogP contribution in [0.15, 0.2) is 46.4 Å². The predicted octanol–water partition coefficient (Wildman–Crippen LogP) is 3.27. The van der Waals surface area contributed by atoms with Crippen molar-refractivity contribution in [2.24, 2.45) is 0 Å². The van der Waals surface area contributed by atoms with Crippen molar-refractivity contribution >= 4 is 17.4 Å². The number of hydrogen-bond acceptors (Lipinski definition) is 5. The normalized spacial score (nSPS) is 19.0. The number of carbonyl (C=O) groups is 2. The first kappa shape index (κ1) is 19.9. The predicted molar refractivity (Wildman–Crippen MR) is 107 cm³/mol. The lowest BCUT2D eigenvalue weighted by molar-refractivity contribution is -0.140. The molecule has 3 rings (SSSR count). The van der Waals surface area contributed by atoms with Crippen LogP contribution < -0.4 is 0 Å². The Kier molecular flexibility index (Phi) is 5.70. The molecule has 1 aliphatic rings. The molecule has 2 heterocycles. The van der Waals surface area contributed by atoms with Crippen molar-refractivity contribution in [1.82, 2.24) is 9.80 Å². The average Bonchev–Trinajstić information content (AvgIpc) is 3.18. The fourth-order valence-electron chi connectivity index (χ4n) is 3.43. The number of rotatable bonds is 6. The highest BCUT2D eigenvalue weighted by Crippen LogP contribution is 2.40. The molecule has 1 aliphatic heterocycles. The largest absolute Gasteiger partial charge is 0.507 e. The summed E-state index contributed by atoms with van der Waals surface area (Å²) >= 11 is 0. The van der Waals surface area contributed by atoms with E-state index in [4.69, 9.17) is 4.42 Å². The summed E-state index contributed by atoms with van der Waals surface area (Å²) in [5.74, 6) is -0.291. The third-order valence-electron chi connectivity index (χ3n) is 4.90. The van der Waals surface area contributed by atoms with E-state index in [2.05, 4.69) is 0 Å². The van der Waals surface area contributed by atoms with Gasteiger partial charge in [0.25, 0.3) is 11.7 Å². The first-order chi connectivity index (χ1) is 13.3. The number of aliphatic hydroxyl groups excluding tert-OH is 1. The molecule has 1 atom stereocenters. The van der Waals surface area contributed by atoms with Crippen molar-refractivity contribution in [2.45, 2.75) is 26.3 Å². The number of benzene rings is 1. The Morgan fingerprint density at radius 1 is 1.11 bits per heavy atom. The van der Waals surface area contributed by atoms with Crippen LogP contribution in [0.1, 0.15) is 35.1 Å². The molecule has 1 aromatic heterocycles. The van der Waals surface area contributed by atoms with Gasteiger partial charge in [-0.2, -0.15) is 0 Å². The molecule has 2 aromatic rings. The maximum absolute atomic E-state index is 12.8. The van der Waals surface area contributed by atoms with Crippen molar-refractivity contribution in [1.29, 1.82) is 0 Å². The Morgan fingerprint density at radius 2 is 1.79 bits per heavy atom. The van der Waals surface area contributed by atoms with Crippen LogP contribution in [-0.4, -0.2) is 53.8 Å². The quantitative estimate of drug-likeness (QED) is 0.472. The Labute approximate surface area is 165 Å². The van der Waals surface area contributed by atoms with E-state index in [1.54, 1.807) is 24.3 Å². The Hall–Kier alpha value is -2.86. The third kappa shape index (κ3) is 3.87. The molecule has 6 heteroatoms. The average molecular weight is 382 g/mol. The molecular weight excluding hydrogens is 356 g/mol. The SMILES string of the molecule is Cc1ccc(/C(O)=C2\C(=O)C(=O)N(CCCN(C)C)[C@@H]2c2ccc(C)o2)cc1. The van der Waals surface area contributed by atoms with E-state index >= 15 is 0 Å². The summed E-state index contributed by atoms with van der Waals surface area (Å²) in [6, 6.07) is 10.0. The van der Waals surface area contributed by atoms with Gasteiger partial charge in [-0.25, -0.2) is 0 Å². The maximum Gasteiger partial charge on any atom is 0.295 e. The summed E-state index contributed by atoms with van der Waals surface area (Å²) in [5, 5.41) is 10.9. The lowest BCUT2D eigenvalue weighted by Crippen LogP contribution is -2.32. The minimum atomic E-state index is -0.725. The lowest BCUT2D eigenvalue weighted by atomic mass is 9.99. The highest BCUT2D eigenvalue weighted by molar-refractivity contribution is 6.46. The Bertz CT molecular complexity index is 909. The molecule has 6 nitrogen and oxygen atoms in total. The van der Waals surface area contributed by atoms with Crippen LogP contribution in [0.3, 0.4) is 0 Å². The fraction of sp³-hybridized carbons (Fsp3) is 0.364. The molecule has 0 aliphatic carbocycles. The van der Waals surface area contributed by atoms with Gasteiger partial charge < -0.3 is 19.3 Å². The van der Waals surface area contributed by atoms with Gasteiger partial charge in [0.2, 0.25) is 0 Å². The second-order valence-corrected chi connectivity index (χ2v) is 7.46. The van der Waals surface area contributed by atoms with Gasteiger partial charge in [0.15, 0.2) is 0 Å². The van der Waals surface area contributed by atoms with E-state index in [0.717, 1.165) is 12.1 Å². The molecule has 0 radical (unpaired) electrons. The van der Waals surface area contributed by atoms with E-state index in [1.165, 1.54) is 4.90 Å². The minimum absolute atomic E-state index is 0.0769. The first-order valence-electron chi connectivity index (χ1n) is 9.36. The van der Waals surface area contributed by atoms with Gasteiger partial charge >= 0.3 is 0 Å². The number of hydrogen-bond donors (Lipinski definition) is 1. The summed E-state index contributed by atoms with van der Waals surface area (Å²) in [5.41, 5.74) is 1.62. The fourth-order valence-corrected chi connectivity index (χ4v) is 3.43. The monoisotopic (exact) mass is 382 g/mol. The zero-order chi connectivity index (χ0) is 20.4. The van der Waals surface area contributed by atoms with Crippen LogP contribution in [0.4, 0.5) is 0 Å². The van der Waals surface area contributed by atoms with Crippen LogP contribution >= 0.6 is 0 Å². The summed E-state index contributed by atoms with van der Waals surface area (Å²) in [6.45, 7) is 4.93. The molecule has 1 saturated heterocycles. The Morgan fingerprint density at radius 3 is 2.36 bits per heavy atom. The molecule has 1 fully saturated rings. The second kappa shape index (κ2) is 8.02. The highest BCUT2D eigenvalue weighted by atomic mass is 16.3. The van der Waals surface area contributed by atoms with E-state index in [1.807, 2.05) is 45.0 Å². The van der Waals surface area contributed by atoms with Crippen molar-refractivity contribution in [2.75, 3.05) is 27.2 Å². The molecule has 1 amide bonds. The molecule has 0 spiro atoms. The van der Waals surface area contributed by atoms with Crippen molar-refractivity contribution in [3.05, 3.63) is 64.6 Å². The smallest absolute Gasteiger partial charge is 0.295 e. The summed E-state index contributed by atoms with van der Waals surface area (Å²) in [6.07, 6.45) is 0.709. The molecule has 1 N–H and O–H groups in total. The van der Waals surface area contributed by atoms with Crippen LogP contribution in [0.5, 0.6) is 0 Å². The number of Topliss-reactive ketones (excluding diaryl/α,β-unsaturated/α-hetero) is 1. The summed E-state index contributed by atoms with van der Waals surface area (Å²) in [4.78, 5) is 29.1. The van der Waals surface area contributed by atoms with Crippen LogP contribution in [0.25, 0.3) is 5.76 Å². The number of likely N-dealkylation sites (tertiary alicyclic amines) is 1.